The van der Waals surface area contributed by atoms with Gasteiger partial charge in [0.15, 0.2) is 0 Å². The second-order valence-electron chi connectivity index (χ2n) is 9.12. The normalized spacial score (nSPS) is 23.3. The summed E-state index contributed by atoms with van der Waals surface area (Å²) in [6.07, 6.45) is -1.03. The molecule has 182 valence electrons. The minimum atomic E-state index is -4.47. The summed E-state index contributed by atoms with van der Waals surface area (Å²) in [5.74, 6) is -0.642. The van der Waals surface area contributed by atoms with Crippen LogP contribution in [-0.4, -0.2) is 51.7 Å². The summed E-state index contributed by atoms with van der Waals surface area (Å²) in [4.78, 5) is 18.6. The Labute approximate surface area is 199 Å². The molecule has 3 aliphatic rings. The number of nitrogens with one attached hydrogen (secondary N) is 1. The number of sulfonamides is 1. The van der Waals surface area contributed by atoms with Crippen LogP contribution in [-0.2, 0) is 20.6 Å². The van der Waals surface area contributed by atoms with Crippen LogP contribution < -0.4 is 14.5 Å². The maximum Gasteiger partial charge on any atom is 0.408 e. The predicted octanol–water partition coefficient (Wildman–Crippen LogP) is 3.72. The Morgan fingerprint density at radius 1 is 1.21 bits per heavy atom. The lowest BCUT2D eigenvalue weighted by molar-refractivity contribution is -0.155. The van der Waals surface area contributed by atoms with Gasteiger partial charge in [0.25, 0.3) is 0 Å². The van der Waals surface area contributed by atoms with Crippen molar-refractivity contribution in [2.24, 2.45) is 5.41 Å². The Hall–Kier alpha value is -2.53. The molecule has 12 heteroatoms. The molecule has 0 bridgehead atoms. The third-order valence-corrected chi connectivity index (χ3v) is 9.16. The van der Waals surface area contributed by atoms with Crippen LogP contribution in [0, 0.1) is 5.41 Å². The molecular weight excluding hydrogens is 493 g/mol. The number of carbonyl (C=O) groups excluding carboxylic acids is 1. The Morgan fingerprint density at radius 2 is 1.91 bits per heavy atom. The topological polar surface area (TPSA) is 82.6 Å². The lowest BCUT2D eigenvalue weighted by atomic mass is 9.75. The number of nitrogens with zero attached hydrogens (tertiary/aromatic N) is 3. The highest BCUT2D eigenvalue weighted by molar-refractivity contribution is 7.92. The van der Waals surface area contributed by atoms with Crippen molar-refractivity contribution in [3.63, 3.8) is 0 Å². The first-order chi connectivity index (χ1) is 15.9. The lowest BCUT2D eigenvalue weighted by Gasteiger charge is -2.39. The van der Waals surface area contributed by atoms with Gasteiger partial charge in [-0.25, -0.2) is 8.42 Å². The molecule has 1 aromatic carbocycles. The maximum absolute atomic E-state index is 13.2. The molecule has 0 saturated carbocycles. The van der Waals surface area contributed by atoms with E-state index in [4.69, 9.17) is 11.6 Å². The number of pyridine rings is 1. The zero-order valence-corrected chi connectivity index (χ0v) is 19.8. The highest BCUT2D eigenvalue weighted by Gasteiger charge is 2.56. The molecule has 3 aliphatic heterocycles. The molecule has 4 heterocycles. The number of hydrogen-bond donors (Lipinski definition) is 1. The highest BCUT2D eigenvalue weighted by atomic mass is 35.5. The first-order valence-electron chi connectivity index (χ1n) is 10.8. The first-order valence-corrected chi connectivity index (χ1v) is 12.8. The largest absolute Gasteiger partial charge is 0.408 e. The maximum atomic E-state index is 13.2. The van der Waals surface area contributed by atoms with Crippen LogP contribution in [0.1, 0.15) is 24.8 Å². The van der Waals surface area contributed by atoms with Gasteiger partial charge in [0, 0.05) is 38.1 Å². The number of carbonyl (C=O) groups is 1. The standard InChI is InChI=1S/C22H22ClF3N4O3S/c1-29-17-3-2-13(8-14(17)12-34(29,32)33)15-10-27-11-16(23)19(15)30-6-4-21(5-7-30)9-18(22(24,25)26)28-20(21)31/h2-3,8,10-11,18H,4-7,9,12H2,1H3,(H,28,31). The predicted molar refractivity (Wildman–Crippen MR) is 122 cm³/mol. The fourth-order valence-electron chi connectivity index (χ4n) is 5.21. The Kier molecular flexibility index (Phi) is 5.29. The van der Waals surface area contributed by atoms with E-state index in [1.54, 1.807) is 24.4 Å². The third-order valence-electron chi connectivity index (χ3n) is 7.17. The molecular formula is C22H22ClF3N4O3S. The molecule has 1 atom stereocenters. The number of benzene rings is 1. The fourth-order valence-corrected chi connectivity index (χ4v) is 6.79. The molecule has 1 N–H and O–H groups in total. The number of anilines is 2. The summed E-state index contributed by atoms with van der Waals surface area (Å²) in [7, 11) is -1.88. The number of rotatable bonds is 2. The van der Waals surface area contributed by atoms with E-state index in [1.807, 2.05) is 4.90 Å². The average molecular weight is 515 g/mol. The first kappa shape index (κ1) is 23.2. The molecule has 1 amide bonds. The summed E-state index contributed by atoms with van der Waals surface area (Å²) in [6.45, 7) is 0.716. The Bertz CT molecular complexity index is 1280. The number of piperidine rings is 1. The van der Waals surface area contributed by atoms with Crippen molar-refractivity contribution < 1.29 is 26.4 Å². The van der Waals surface area contributed by atoms with Gasteiger partial charge in [-0.1, -0.05) is 17.7 Å². The molecule has 7 nitrogen and oxygen atoms in total. The van der Waals surface area contributed by atoms with Crippen LogP contribution in [0.5, 0.6) is 0 Å². The molecule has 2 saturated heterocycles. The molecule has 34 heavy (non-hydrogen) atoms. The van der Waals surface area contributed by atoms with Crippen LogP contribution >= 0.6 is 11.6 Å². The number of aromatic nitrogens is 1. The summed E-state index contributed by atoms with van der Waals surface area (Å²) >= 11 is 6.52. The van der Waals surface area contributed by atoms with Gasteiger partial charge in [0.1, 0.15) is 6.04 Å². The monoisotopic (exact) mass is 514 g/mol. The van der Waals surface area contributed by atoms with Crippen molar-refractivity contribution >= 4 is 38.9 Å². The number of hydrogen-bond acceptors (Lipinski definition) is 5. The van der Waals surface area contributed by atoms with Crippen LogP contribution in [0.15, 0.2) is 30.6 Å². The van der Waals surface area contributed by atoms with Crippen molar-refractivity contribution in [3.8, 4) is 11.1 Å². The molecule has 5 rings (SSSR count). The van der Waals surface area contributed by atoms with Gasteiger partial charge >= 0.3 is 6.18 Å². The molecule has 0 radical (unpaired) electrons. The molecule has 1 aromatic heterocycles. The molecule has 1 spiro atoms. The van der Waals surface area contributed by atoms with Crippen molar-refractivity contribution in [1.29, 1.82) is 0 Å². The minimum absolute atomic E-state index is 0.0995. The molecule has 1 unspecified atom stereocenters. The van der Waals surface area contributed by atoms with E-state index in [0.29, 0.717) is 40.6 Å². The van der Waals surface area contributed by atoms with Gasteiger partial charge in [-0.3, -0.25) is 14.1 Å². The van der Waals surface area contributed by atoms with Gasteiger partial charge in [-0.05, 0) is 42.5 Å². The van der Waals surface area contributed by atoms with Gasteiger partial charge < -0.3 is 10.2 Å². The van der Waals surface area contributed by atoms with Crippen molar-refractivity contribution in [2.75, 3.05) is 29.3 Å². The number of alkyl halides is 3. The zero-order valence-electron chi connectivity index (χ0n) is 18.2. The summed E-state index contributed by atoms with van der Waals surface area (Å²) < 4.78 is 65.3. The molecule has 2 aromatic rings. The average Bonchev–Trinajstić information content (AvgIpc) is 3.21. The van der Waals surface area contributed by atoms with Gasteiger partial charge in [-0.15, -0.1) is 0 Å². The van der Waals surface area contributed by atoms with E-state index < -0.39 is 33.6 Å². The number of fused-ring (bicyclic) bond motifs is 1. The lowest BCUT2D eigenvalue weighted by Crippen LogP contribution is -2.44. The smallest absolute Gasteiger partial charge is 0.370 e. The highest BCUT2D eigenvalue weighted by Crippen LogP contribution is 2.47. The molecule has 2 fully saturated rings. The van der Waals surface area contributed by atoms with E-state index in [-0.39, 0.29) is 25.0 Å². The van der Waals surface area contributed by atoms with E-state index in [2.05, 4.69) is 10.3 Å². The number of halogens is 4. The van der Waals surface area contributed by atoms with Crippen molar-refractivity contribution in [3.05, 3.63) is 41.2 Å². The van der Waals surface area contributed by atoms with Gasteiger partial charge in [0.2, 0.25) is 15.9 Å². The molecule has 0 aliphatic carbocycles. The minimum Gasteiger partial charge on any atom is -0.370 e. The number of amides is 1. The fraction of sp³-hybridized carbons (Fsp3) is 0.455. The summed E-state index contributed by atoms with van der Waals surface area (Å²) in [6, 6.07) is 3.53. The van der Waals surface area contributed by atoms with Crippen LogP contribution in [0.3, 0.4) is 0 Å². The van der Waals surface area contributed by atoms with Crippen LogP contribution in [0.4, 0.5) is 24.5 Å². The second-order valence-corrected chi connectivity index (χ2v) is 11.5. The van der Waals surface area contributed by atoms with E-state index in [1.165, 1.54) is 17.5 Å². The second kappa shape index (κ2) is 7.74. The quantitative estimate of drug-likeness (QED) is 0.660. The van der Waals surface area contributed by atoms with E-state index in [9.17, 15) is 26.4 Å². The SMILES string of the molecule is CN1c2ccc(-c3cncc(Cl)c3N3CCC4(CC3)CC(C(F)(F)F)NC4=O)cc2CS1(=O)=O. The van der Waals surface area contributed by atoms with Crippen LogP contribution in [0.2, 0.25) is 5.02 Å². The summed E-state index contributed by atoms with van der Waals surface area (Å²) in [5, 5.41) is 2.50. The van der Waals surface area contributed by atoms with Crippen molar-refractivity contribution in [1.82, 2.24) is 10.3 Å². The summed E-state index contributed by atoms with van der Waals surface area (Å²) in [5.41, 5.74) is 2.36. The van der Waals surface area contributed by atoms with Crippen molar-refractivity contribution in [2.45, 2.75) is 37.2 Å². The van der Waals surface area contributed by atoms with Gasteiger partial charge in [-0.2, -0.15) is 13.2 Å². The third kappa shape index (κ3) is 3.69. The van der Waals surface area contributed by atoms with Gasteiger partial charge in [0.05, 0.1) is 27.6 Å². The Morgan fingerprint density at radius 3 is 2.56 bits per heavy atom. The van der Waals surface area contributed by atoms with E-state index >= 15 is 0 Å². The Balaban J connectivity index is 1.43. The zero-order chi connectivity index (χ0) is 24.5. The van der Waals surface area contributed by atoms with Crippen LogP contribution in [0.25, 0.3) is 11.1 Å². The van der Waals surface area contributed by atoms with E-state index in [0.717, 1.165) is 5.56 Å².